The van der Waals surface area contributed by atoms with Gasteiger partial charge in [-0.2, -0.15) is 0 Å². The maximum atomic E-state index is 13.0. The molecule has 0 aromatic heterocycles. The number of amides is 2. The molecule has 2 amide bonds. The predicted molar refractivity (Wildman–Crippen MR) is 98.1 cm³/mol. The summed E-state index contributed by atoms with van der Waals surface area (Å²) in [5.41, 5.74) is 3.84. The summed E-state index contributed by atoms with van der Waals surface area (Å²) in [6, 6.07) is 0. The number of hydrogen-bond acceptors (Lipinski definition) is 5. The first kappa shape index (κ1) is 20.5. The van der Waals surface area contributed by atoms with E-state index in [0.717, 1.165) is 22.3 Å². The van der Waals surface area contributed by atoms with Crippen LogP contribution in [0.15, 0.2) is 0 Å². The molecule has 0 atom stereocenters. The fourth-order valence-electron chi connectivity index (χ4n) is 3.26. The molecular formula is C18H22NO5Si2. The number of carbonyl (C=O) groups is 3. The molecule has 0 spiro atoms. The second-order valence-corrected chi connectivity index (χ2v) is 8.94. The van der Waals surface area contributed by atoms with Gasteiger partial charge in [-0.05, 0) is 53.6 Å². The number of carbonyl (C=O) groups excluding carboxylic acids is 3. The lowest BCUT2D eigenvalue weighted by molar-refractivity contribution is -0.172. The van der Waals surface area contributed by atoms with E-state index in [1.807, 2.05) is 41.5 Å². The van der Waals surface area contributed by atoms with Gasteiger partial charge < -0.3 is 8.95 Å². The second-order valence-electron chi connectivity index (χ2n) is 7.41. The first-order valence-corrected chi connectivity index (χ1v) is 9.63. The van der Waals surface area contributed by atoms with Crippen molar-refractivity contribution in [2.75, 3.05) is 0 Å². The summed E-state index contributed by atoms with van der Waals surface area (Å²) in [6.45, 7) is 11.9. The summed E-state index contributed by atoms with van der Waals surface area (Å²) in [5.74, 6) is -1.71. The Bertz CT molecular complexity index is 767. The predicted octanol–water partition coefficient (Wildman–Crippen LogP) is 1.47. The lowest BCUT2D eigenvalue weighted by Crippen LogP contribution is -2.38. The zero-order valence-electron chi connectivity index (χ0n) is 15.9. The van der Waals surface area contributed by atoms with E-state index in [9.17, 15) is 14.4 Å². The van der Waals surface area contributed by atoms with Gasteiger partial charge in [-0.25, -0.2) is 4.79 Å². The highest BCUT2D eigenvalue weighted by molar-refractivity contribution is 6.53. The van der Waals surface area contributed by atoms with Crippen molar-refractivity contribution in [3.05, 3.63) is 27.8 Å². The Labute approximate surface area is 159 Å². The zero-order valence-corrected chi connectivity index (χ0v) is 17.9. The summed E-state index contributed by atoms with van der Waals surface area (Å²) in [7, 11) is 2.89. The molecule has 6 nitrogen and oxygen atoms in total. The number of rotatable bonds is 4. The van der Waals surface area contributed by atoms with E-state index in [0.29, 0.717) is 15.8 Å². The van der Waals surface area contributed by atoms with Crippen molar-refractivity contribution in [2.24, 2.45) is 0 Å². The number of nitrogens with zero attached hydrogens (tertiary/aromatic N) is 1. The molecule has 137 valence electrons. The van der Waals surface area contributed by atoms with E-state index in [1.54, 1.807) is 0 Å². The molecule has 26 heavy (non-hydrogen) atoms. The molecule has 1 aromatic rings. The highest BCUT2D eigenvalue weighted by Crippen LogP contribution is 2.32. The van der Waals surface area contributed by atoms with Gasteiger partial charge in [0.05, 0.1) is 5.56 Å². The molecule has 8 heteroatoms. The smallest absolute Gasteiger partial charge is 0.364 e. The maximum absolute atomic E-state index is 13.0. The largest absolute Gasteiger partial charge is 0.454 e. The van der Waals surface area contributed by atoms with Crippen LogP contribution in [0.2, 0.25) is 0 Å². The van der Waals surface area contributed by atoms with Crippen LogP contribution in [0.3, 0.4) is 0 Å². The molecule has 5 radical (unpaired) electrons. The van der Waals surface area contributed by atoms with Gasteiger partial charge in [0.2, 0.25) is 10.5 Å². The van der Waals surface area contributed by atoms with Crippen LogP contribution in [-0.2, 0) is 24.0 Å². The summed E-state index contributed by atoms with van der Waals surface area (Å²) < 4.78 is 5.15. The minimum atomic E-state index is -0.712. The van der Waals surface area contributed by atoms with Crippen molar-refractivity contribution in [3.63, 3.8) is 0 Å². The molecule has 0 N–H and O–H groups in total. The lowest BCUT2D eigenvalue weighted by Gasteiger charge is -2.29. The molecule has 1 aliphatic rings. The molecular weight excluding hydrogens is 366 g/mol. The van der Waals surface area contributed by atoms with Crippen LogP contribution >= 0.6 is 0 Å². The van der Waals surface area contributed by atoms with Crippen molar-refractivity contribution < 1.29 is 23.3 Å². The Hall–Kier alpha value is -1.78. The van der Waals surface area contributed by atoms with Gasteiger partial charge >= 0.3 is 5.97 Å². The van der Waals surface area contributed by atoms with Crippen LogP contribution in [0.4, 0.5) is 0 Å². The van der Waals surface area contributed by atoms with Gasteiger partial charge in [0.15, 0.2) is 0 Å². The SMILES string of the molecule is Cc1c(C)c([Si]O[Si])c(C(=O)ON2C(=O)CCC2=O)c(C(C)(C)C)c1C. The molecule has 0 aliphatic carbocycles. The lowest BCUT2D eigenvalue weighted by atomic mass is 9.78. The quantitative estimate of drug-likeness (QED) is 0.577. The topological polar surface area (TPSA) is 72.9 Å². The molecule has 1 aliphatic heterocycles. The Balaban J connectivity index is 2.66. The molecule has 1 heterocycles. The standard InChI is InChI=1S/C18H22NO5Si2/c1-9-10(2)15(18(4,5)6)14(16(11(9)3)26-24-25)17(22)23-19-12(20)7-8-13(19)21/h7-8H2,1-6H3. The van der Waals surface area contributed by atoms with E-state index in [1.165, 1.54) is 0 Å². The Morgan fingerprint density at radius 1 is 1.04 bits per heavy atom. The maximum Gasteiger partial charge on any atom is 0.364 e. The Morgan fingerprint density at radius 3 is 2.04 bits per heavy atom. The molecule has 2 rings (SSSR count). The Kier molecular flexibility index (Phi) is 5.89. The van der Waals surface area contributed by atoms with E-state index < -0.39 is 17.8 Å². The Morgan fingerprint density at radius 2 is 1.58 bits per heavy atom. The second kappa shape index (κ2) is 7.46. The van der Waals surface area contributed by atoms with Crippen LogP contribution in [0.1, 0.15) is 66.2 Å². The fraction of sp³-hybridized carbons (Fsp3) is 0.500. The number of hydrogen-bond donors (Lipinski definition) is 0. The fourth-order valence-corrected chi connectivity index (χ4v) is 4.34. The first-order valence-electron chi connectivity index (χ1n) is 8.31. The van der Waals surface area contributed by atoms with Crippen LogP contribution in [0.25, 0.3) is 0 Å². The van der Waals surface area contributed by atoms with Gasteiger partial charge in [0.25, 0.3) is 21.6 Å². The minimum Gasteiger partial charge on any atom is -0.454 e. The third-order valence-corrected chi connectivity index (χ3v) is 5.90. The number of hydroxylamine groups is 2. The van der Waals surface area contributed by atoms with Gasteiger partial charge in [0, 0.05) is 12.8 Å². The summed E-state index contributed by atoms with van der Waals surface area (Å²) in [6.07, 6.45) is 0.117. The highest BCUT2D eigenvalue weighted by Gasteiger charge is 2.36. The van der Waals surface area contributed by atoms with E-state index in [-0.39, 0.29) is 28.0 Å². The normalized spacial score (nSPS) is 15.0. The van der Waals surface area contributed by atoms with E-state index >= 15 is 0 Å². The van der Waals surface area contributed by atoms with Gasteiger partial charge in [-0.15, -0.1) is 5.06 Å². The van der Waals surface area contributed by atoms with E-state index in [4.69, 9.17) is 8.95 Å². The van der Waals surface area contributed by atoms with Crippen LogP contribution in [0.5, 0.6) is 0 Å². The molecule has 0 bridgehead atoms. The third kappa shape index (κ3) is 3.67. The van der Waals surface area contributed by atoms with Crippen molar-refractivity contribution in [1.29, 1.82) is 0 Å². The molecule has 1 aromatic carbocycles. The summed E-state index contributed by atoms with van der Waals surface area (Å²) in [4.78, 5) is 41.9. The molecule has 1 fully saturated rings. The monoisotopic (exact) mass is 388 g/mol. The van der Waals surface area contributed by atoms with Gasteiger partial charge in [0.1, 0.15) is 0 Å². The van der Waals surface area contributed by atoms with Crippen LogP contribution < -0.4 is 5.19 Å². The van der Waals surface area contributed by atoms with Gasteiger partial charge in [-0.1, -0.05) is 20.8 Å². The highest BCUT2D eigenvalue weighted by atomic mass is 28.3. The van der Waals surface area contributed by atoms with Crippen LogP contribution in [0, 0.1) is 20.8 Å². The van der Waals surface area contributed by atoms with E-state index in [2.05, 4.69) is 10.5 Å². The molecule has 0 unspecified atom stereocenters. The van der Waals surface area contributed by atoms with Crippen molar-refractivity contribution >= 4 is 43.2 Å². The summed E-state index contributed by atoms with van der Waals surface area (Å²) >= 11 is 0. The number of benzene rings is 1. The van der Waals surface area contributed by atoms with Gasteiger partial charge in [-0.3, -0.25) is 9.59 Å². The summed E-state index contributed by atoms with van der Waals surface area (Å²) in [5, 5.41) is 1.29. The third-order valence-electron chi connectivity index (χ3n) is 4.66. The molecule has 1 saturated heterocycles. The van der Waals surface area contributed by atoms with Crippen molar-refractivity contribution in [2.45, 2.75) is 59.8 Å². The van der Waals surface area contributed by atoms with Crippen LogP contribution in [-0.4, -0.2) is 43.1 Å². The van der Waals surface area contributed by atoms with Crippen molar-refractivity contribution in [3.8, 4) is 0 Å². The average molecular weight is 389 g/mol. The molecule has 0 saturated carbocycles. The number of imide groups is 1. The minimum absolute atomic E-state index is 0.0586. The zero-order chi connectivity index (χ0) is 19.8. The average Bonchev–Trinajstić information content (AvgIpc) is 2.85. The first-order chi connectivity index (χ1) is 12.0. The van der Waals surface area contributed by atoms with Crippen molar-refractivity contribution in [1.82, 2.24) is 5.06 Å².